The molecule has 8 heteroatoms. The van der Waals surface area contributed by atoms with E-state index in [4.69, 9.17) is 26.8 Å². The summed E-state index contributed by atoms with van der Waals surface area (Å²) >= 11 is 5.53. The van der Waals surface area contributed by atoms with Crippen LogP contribution in [0.3, 0.4) is 0 Å². The van der Waals surface area contributed by atoms with Gasteiger partial charge in [0.15, 0.2) is 5.11 Å². The number of carboxylic acids is 1. The first kappa shape index (κ1) is 19.3. The van der Waals surface area contributed by atoms with Gasteiger partial charge in [-0.1, -0.05) is 12.1 Å². The van der Waals surface area contributed by atoms with Crippen molar-refractivity contribution in [3.05, 3.63) is 46.7 Å². The van der Waals surface area contributed by atoms with Crippen molar-refractivity contribution < 1.29 is 24.2 Å². The minimum Gasteiger partial charge on any atom is -0.478 e. The zero-order chi connectivity index (χ0) is 19.6. The van der Waals surface area contributed by atoms with Crippen molar-refractivity contribution in [3.63, 3.8) is 0 Å². The lowest BCUT2D eigenvalue weighted by Crippen LogP contribution is -2.48. The number of hydrogen-bond donors (Lipinski definition) is 2. The number of nitrogens with zero attached hydrogens (tertiary/aromatic N) is 1. The van der Waals surface area contributed by atoms with Gasteiger partial charge in [0.2, 0.25) is 0 Å². The van der Waals surface area contributed by atoms with Gasteiger partial charge in [0.25, 0.3) is 0 Å². The highest BCUT2D eigenvalue weighted by atomic mass is 32.1. The number of benzene rings is 1. The summed E-state index contributed by atoms with van der Waals surface area (Å²) in [6.45, 7) is 2.34. The van der Waals surface area contributed by atoms with E-state index < -0.39 is 18.0 Å². The number of nitrogens with one attached hydrogen (secondary N) is 1. The molecular weight excluding hydrogens is 368 g/mol. The fourth-order valence-electron chi connectivity index (χ4n) is 3.16. The molecular formula is C19H22N2O5S. The minimum absolute atomic E-state index is 0.157. The highest BCUT2D eigenvalue weighted by molar-refractivity contribution is 7.80. The Morgan fingerprint density at radius 3 is 2.48 bits per heavy atom. The third kappa shape index (κ3) is 4.12. The molecule has 0 radical (unpaired) electrons. The molecule has 1 aliphatic carbocycles. The Balaban J connectivity index is 1.95. The molecule has 27 heavy (non-hydrogen) atoms. The molecule has 0 bridgehead atoms. The molecule has 7 nitrogen and oxygen atoms in total. The van der Waals surface area contributed by atoms with E-state index in [-0.39, 0.29) is 12.2 Å². The third-order valence-corrected chi connectivity index (χ3v) is 4.98. The zero-order valence-corrected chi connectivity index (χ0v) is 16.0. The number of carbonyl (C=O) groups is 2. The maximum atomic E-state index is 12.8. The lowest BCUT2D eigenvalue weighted by atomic mass is 9.94. The molecule has 0 amide bonds. The maximum Gasteiger partial charge on any atom is 0.338 e. The summed E-state index contributed by atoms with van der Waals surface area (Å²) in [5.74, 6) is -1.43. The largest absolute Gasteiger partial charge is 0.478 e. The molecule has 1 heterocycles. The second kappa shape index (κ2) is 8.06. The van der Waals surface area contributed by atoms with Crippen LogP contribution in [0.25, 0.3) is 0 Å². The van der Waals surface area contributed by atoms with E-state index in [1.54, 1.807) is 19.2 Å². The van der Waals surface area contributed by atoms with Crippen molar-refractivity contribution in [2.75, 3.05) is 20.3 Å². The predicted octanol–water partition coefficient (Wildman–Crippen LogP) is 2.24. The normalized spacial score (nSPS) is 19.7. The van der Waals surface area contributed by atoms with Crippen LogP contribution in [-0.2, 0) is 14.3 Å². The van der Waals surface area contributed by atoms with Crippen LogP contribution in [0.5, 0.6) is 0 Å². The van der Waals surface area contributed by atoms with Crippen molar-refractivity contribution in [2.24, 2.45) is 0 Å². The fraction of sp³-hybridized carbons (Fsp3) is 0.421. The Hall–Kier alpha value is -2.45. The Labute approximate surface area is 162 Å². The van der Waals surface area contributed by atoms with Crippen molar-refractivity contribution in [1.82, 2.24) is 10.2 Å². The second-order valence-electron chi connectivity index (χ2n) is 6.54. The van der Waals surface area contributed by atoms with Gasteiger partial charge in [-0.2, -0.15) is 0 Å². The van der Waals surface area contributed by atoms with E-state index in [1.807, 2.05) is 11.8 Å². The standard InChI is InChI=1S/C19H22N2O5S/c1-11-15(18(24)26-10-9-25-2)16(20-19(27)21(11)14-7-8-14)12-3-5-13(6-4-12)17(22)23/h3-6,14,16H,7-10H2,1-2H3,(H,20,27)(H,22,23)/t16-/m1/s1. The molecule has 1 fully saturated rings. The summed E-state index contributed by atoms with van der Waals surface area (Å²) in [5, 5.41) is 12.9. The highest BCUT2D eigenvalue weighted by Crippen LogP contribution is 2.38. The van der Waals surface area contributed by atoms with Gasteiger partial charge in [0, 0.05) is 18.8 Å². The van der Waals surface area contributed by atoms with E-state index in [0.29, 0.717) is 23.3 Å². The van der Waals surface area contributed by atoms with Crippen LogP contribution in [0.2, 0.25) is 0 Å². The lowest BCUT2D eigenvalue weighted by Gasteiger charge is -2.37. The van der Waals surface area contributed by atoms with Gasteiger partial charge in [-0.25, -0.2) is 9.59 Å². The number of thiocarbonyl (C=S) groups is 1. The van der Waals surface area contributed by atoms with Crippen LogP contribution in [0.15, 0.2) is 35.5 Å². The van der Waals surface area contributed by atoms with Gasteiger partial charge >= 0.3 is 11.9 Å². The quantitative estimate of drug-likeness (QED) is 0.416. The predicted molar refractivity (Wildman–Crippen MR) is 102 cm³/mol. The Morgan fingerprint density at radius 2 is 1.93 bits per heavy atom. The Morgan fingerprint density at radius 1 is 1.26 bits per heavy atom. The zero-order valence-electron chi connectivity index (χ0n) is 15.2. The molecule has 2 N–H and O–H groups in total. The third-order valence-electron chi connectivity index (χ3n) is 4.67. The fourth-order valence-corrected chi connectivity index (χ4v) is 3.56. The van der Waals surface area contributed by atoms with Crippen molar-refractivity contribution >= 4 is 29.3 Å². The van der Waals surface area contributed by atoms with Crippen LogP contribution in [0, 0.1) is 0 Å². The van der Waals surface area contributed by atoms with E-state index in [2.05, 4.69) is 5.32 Å². The molecule has 0 aromatic heterocycles. The van der Waals surface area contributed by atoms with Crippen LogP contribution in [-0.4, -0.2) is 53.4 Å². The van der Waals surface area contributed by atoms with Crippen molar-refractivity contribution in [3.8, 4) is 0 Å². The van der Waals surface area contributed by atoms with E-state index >= 15 is 0 Å². The van der Waals surface area contributed by atoms with Gasteiger partial charge in [0.05, 0.1) is 23.8 Å². The molecule has 2 aliphatic rings. The van der Waals surface area contributed by atoms with Crippen LogP contribution in [0.1, 0.15) is 41.7 Å². The molecule has 0 saturated heterocycles. The maximum absolute atomic E-state index is 12.8. The molecule has 3 rings (SSSR count). The molecule has 0 spiro atoms. The average Bonchev–Trinajstić information content (AvgIpc) is 3.46. The summed E-state index contributed by atoms with van der Waals surface area (Å²) in [6, 6.07) is 6.21. The summed E-state index contributed by atoms with van der Waals surface area (Å²) in [7, 11) is 1.54. The molecule has 1 aromatic rings. The van der Waals surface area contributed by atoms with Gasteiger partial charge < -0.3 is 24.8 Å². The van der Waals surface area contributed by atoms with E-state index in [1.165, 1.54) is 12.1 Å². The molecule has 1 aromatic carbocycles. The number of allylic oxidation sites excluding steroid dienone is 1. The van der Waals surface area contributed by atoms with Crippen molar-refractivity contribution in [2.45, 2.75) is 31.8 Å². The summed E-state index contributed by atoms with van der Waals surface area (Å²) in [4.78, 5) is 25.9. The average molecular weight is 390 g/mol. The van der Waals surface area contributed by atoms with Gasteiger partial charge in [-0.05, 0) is 49.7 Å². The molecule has 1 aliphatic heterocycles. The van der Waals surface area contributed by atoms with Crippen LogP contribution < -0.4 is 5.32 Å². The number of esters is 1. The Bertz CT molecular complexity index is 786. The van der Waals surface area contributed by atoms with Crippen molar-refractivity contribution in [1.29, 1.82) is 0 Å². The van der Waals surface area contributed by atoms with Crippen LogP contribution in [0.4, 0.5) is 0 Å². The number of ether oxygens (including phenoxy) is 2. The van der Waals surface area contributed by atoms with E-state index in [0.717, 1.165) is 24.1 Å². The number of methoxy groups -OCH3 is 1. The number of carboxylic acid groups (broad SMARTS) is 1. The number of aromatic carboxylic acids is 1. The first-order chi connectivity index (χ1) is 12.9. The summed E-state index contributed by atoms with van der Waals surface area (Å²) in [5.41, 5.74) is 2.18. The second-order valence-corrected chi connectivity index (χ2v) is 6.93. The van der Waals surface area contributed by atoms with E-state index in [9.17, 15) is 9.59 Å². The van der Waals surface area contributed by atoms with Gasteiger partial charge in [-0.15, -0.1) is 0 Å². The monoisotopic (exact) mass is 390 g/mol. The first-order valence-corrected chi connectivity index (χ1v) is 9.14. The number of carbonyl (C=O) groups excluding carboxylic acids is 1. The topological polar surface area (TPSA) is 88.1 Å². The number of rotatable bonds is 7. The highest BCUT2D eigenvalue weighted by Gasteiger charge is 2.40. The van der Waals surface area contributed by atoms with Crippen LogP contribution >= 0.6 is 12.2 Å². The van der Waals surface area contributed by atoms with Gasteiger partial charge in [-0.3, -0.25) is 0 Å². The molecule has 0 unspecified atom stereocenters. The first-order valence-electron chi connectivity index (χ1n) is 8.74. The minimum atomic E-state index is -1.00. The molecule has 1 saturated carbocycles. The molecule has 144 valence electrons. The molecule has 1 atom stereocenters. The summed E-state index contributed by atoms with van der Waals surface area (Å²) < 4.78 is 10.3. The van der Waals surface area contributed by atoms with Gasteiger partial charge in [0.1, 0.15) is 6.61 Å². The Kier molecular flexibility index (Phi) is 5.76. The lowest BCUT2D eigenvalue weighted by molar-refractivity contribution is -0.140. The smallest absolute Gasteiger partial charge is 0.338 e. The summed E-state index contributed by atoms with van der Waals surface area (Å²) in [6.07, 6.45) is 2.06. The SMILES string of the molecule is COCCOC(=O)C1=C(C)N(C2CC2)C(=S)N[C@@H]1c1ccc(C(=O)O)cc1. The number of hydrogen-bond acceptors (Lipinski definition) is 5.